The number of imidazole rings is 1. The molecule has 1 atom stereocenters. The molecular formula is C14H21N5O3. The van der Waals surface area contributed by atoms with Crippen LogP contribution in [0.3, 0.4) is 0 Å². The molecule has 2 heterocycles. The average Bonchev–Trinajstić information content (AvgIpc) is 2.89. The molecule has 120 valence electrons. The van der Waals surface area contributed by atoms with Crippen molar-refractivity contribution in [2.45, 2.75) is 39.8 Å². The van der Waals surface area contributed by atoms with Crippen molar-refractivity contribution < 1.29 is 14.6 Å². The van der Waals surface area contributed by atoms with E-state index in [1.165, 1.54) is 17.2 Å². The Labute approximate surface area is 128 Å². The van der Waals surface area contributed by atoms with Crippen molar-refractivity contribution in [3.8, 4) is 0 Å². The summed E-state index contributed by atoms with van der Waals surface area (Å²) in [6.07, 6.45) is 3.10. The number of fused-ring (bicyclic) bond motifs is 1. The van der Waals surface area contributed by atoms with Crippen molar-refractivity contribution in [3.05, 3.63) is 12.7 Å². The molecule has 2 rings (SSSR count). The van der Waals surface area contributed by atoms with E-state index in [9.17, 15) is 9.90 Å². The maximum Gasteiger partial charge on any atom is 0.313 e. The molecule has 0 aliphatic carbocycles. The highest BCUT2D eigenvalue weighted by atomic mass is 16.6. The highest BCUT2D eigenvalue weighted by molar-refractivity contribution is 5.81. The summed E-state index contributed by atoms with van der Waals surface area (Å²) >= 11 is 0. The summed E-state index contributed by atoms with van der Waals surface area (Å²) in [5, 5.41) is 9.89. The average molecular weight is 307 g/mol. The Kier molecular flexibility index (Phi) is 4.06. The van der Waals surface area contributed by atoms with E-state index in [1.807, 2.05) is 6.92 Å². The van der Waals surface area contributed by atoms with Crippen molar-refractivity contribution in [3.63, 3.8) is 0 Å². The first-order valence-electron chi connectivity index (χ1n) is 7.03. The van der Waals surface area contributed by atoms with Gasteiger partial charge in [-0.15, -0.1) is 0 Å². The van der Waals surface area contributed by atoms with E-state index in [0.29, 0.717) is 17.6 Å². The van der Waals surface area contributed by atoms with Crippen LogP contribution >= 0.6 is 0 Å². The Bertz CT molecular complexity index is 685. The first-order valence-corrected chi connectivity index (χ1v) is 7.03. The molecule has 1 unspecified atom stereocenters. The number of anilines is 1. The maximum absolute atomic E-state index is 12.3. The van der Waals surface area contributed by atoms with Gasteiger partial charge in [-0.1, -0.05) is 6.92 Å². The first kappa shape index (κ1) is 16.2. The Hall–Kier alpha value is -2.22. The fourth-order valence-corrected chi connectivity index (χ4v) is 1.99. The minimum absolute atomic E-state index is 0.230. The second-order valence-corrected chi connectivity index (χ2v) is 6.14. The molecule has 8 heteroatoms. The van der Waals surface area contributed by atoms with Gasteiger partial charge in [0.15, 0.2) is 11.5 Å². The molecule has 2 aromatic heterocycles. The monoisotopic (exact) mass is 307 g/mol. The molecule has 0 bridgehead atoms. The molecule has 0 saturated carbocycles. The summed E-state index contributed by atoms with van der Waals surface area (Å²) in [6, 6.07) is 0. The predicted molar refractivity (Wildman–Crippen MR) is 80.6 cm³/mol. The largest absolute Gasteiger partial charge is 0.436 e. The number of hydrogen-bond acceptors (Lipinski definition) is 7. The Morgan fingerprint density at radius 2 is 2.05 bits per heavy atom. The van der Waals surface area contributed by atoms with Crippen LogP contribution in [0.2, 0.25) is 0 Å². The zero-order valence-corrected chi connectivity index (χ0v) is 13.2. The summed E-state index contributed by atoms with van der Waals surface area (Å²) < 4.78 is 7.16. The molecule has 0 amide bonds. The summed E-state index contributed by atoms with van der Waals surface area (Å²) in [7, 11) is 0. The van der Waals surface area contributed by atoms with Gasteiger partial charge in [0, 0.05) is 6.42 Å². The van der Waals surface area contributed by atoms with Crippen molar-refractivity contribution in [1.82, 2.24) is 19.5 Å². The topological polar surface area (TPSA) is 116 Å². The van der Waals surface area contributed by atoms with E-state index in [1.54, 1.807) is 20.8 Å². The summed E-state index contributed by atoms with van der Waals surface area (Å²) in [6.45, 7) is 6.65. The lowest BCUT2D eigenvalue weighted by atomic mass is 9.97. The van der Waals surface area contributed by atoms with E-state index in [4.69, 9.17) is 10.5 Å². The van der Waals surface area contributed by atoms with Gasteiger partial charge in [0.1, 0.15) is 24.8 Å². The van der Waals surface area contributed by atoms with Crippen LogP contribution in [0.25, 0.3) is 11.2 Å². The lowest BCUT2D eigenvalue weighted by Crippen LogP contribution is -2.44. The molecule has 0 spiro atoms. The lowest BCUT2D eigenvalue weighted by Gasteiger charge is -2.34. The predicted octanol–water partition coefficient (Wildman–Crippen LogP) is 1.05. The smallest absolute Gasteiger partial charge is 0.313 e. The van der Waals surface area contributed by atoms with Gasteiger partial charge in [0.25, 0.3) is 0 Å². The van der Waals surface area contributed by atoms with Crippen molar-refractivity contribution >= 4 is 23.0 Å². The van der Waals surface area contributed by atoms with E-state index in [-0.39, 0.29) is 5.82 Å². The number of aliphatic hydroxyl groups is 1. The number of nitrogen functional groups attached to an aromatic ring is 1. The summed E-state index contributed by atoms with van der Waals surface area (Å²) in [5.74, 6) is -0.193. The molecule has 3 N–H and O–H groups in total. The molecule has 0 fully saturated rings. The lowest BCUT2D eigenvalue weighted by molar-refractivity contribution is -0.189. The zero-order valence-electron chi connectivity index (χ0n) is 13.2. The number of carbonyl (C=O) groups is 1. The number of aliphatic hydroxyl groups excluding tert-OH is 1. The molecule has 0 aliphatic rings. The van der Waals surface area contributed by atoms with Gasteiger partial charge in [0.2, 0.25) is 5.72 Å². The third-order valence-electron chi connectivity index (χ3n) is 3.50. The minimum atomic E-state index is -1.28. The van der Waals surface area contributed by atoms with Gasteiger partial charge in [-0.25, -0.2) is 15.0 Å². The molecule has 2 aromatic rings. The highest BCUT2D eigenvalue weighted by Gasteiger charge is 2.39. The number of carbonyl (C=O) groups excluding carboxylic acids is 1. The van der Waals surface area contributed by atoms with Crippen molar-refractivity contribution in [2.75, 3.05) is 12.3 Å². The third kappa shape index (κ3) is 2.61. The van der Waals surface area contributed by atoms with Crippen LogP contribution in [0.5, 0.6) is 0 Å². The summed E-state index contributed by atoms with van der Waals surface area (Å²) in [4.78, 5) is 24.4. The van der Waals surface area contributed by atoms with Crippen LogP contribution in [0.15, 0.2) is 12.7 Å². The second kappa shape index (κ2) is 5.53. The third-order valence-corrected chi connectivity index (χ3v) is 3.50. The number of rotatable bonds is 4. The molecular weight excluding hydrogens is 286 g/mol. The van der Waals surface area contributed by atoms with Crippen molar-refractivity contribution in [1.29, 1.82) is 0 Å². The highest BCUT2D eigenvalue weighted by Crippen LogP contribution is 2.30. The van der Waals surface area contributed by atoms with Gasteiger partial charge in [-0.05, 0) is 20.8 Å². The molecule has 0 saturated heterocycles. The van der Waals surface area contributed by atoms with E-state index >= 15 is 0 Å². The zero-order chi connectivity index (χ0) is 16.5. The van der Waals surface area contributed by atoms with E-state index < -0.39 is 23.7 Å². The van der Waals surface area contributed by atoms with E-state index in [0.717, 1.165) is 0 Å². The Balaban J connectivity index is 2.55. The van der Waals surface area contributed by atoms with Gasteiger partial charge in [-0.3, -0.25) is 9.36 Å². The van der Waals surface area contributed by atoms with Crippen LogP contribution in [0, 0.1) is 5.41 Å². The molecule has 0 radical (unpaired) electrons. The Morgan fingerprint density at radius 3 is 2.59 bits per heavy atom. The Morgan fingerprint density at radius 1 is 1.36 bits per heavy atom. The van der Waals surface area contributed by atoms with Crippen LogP contribution in [-0.2, 0) is 15.3 Å². The van der Waals surface area contributed by atoms with Crippen LogP contribution in [0.4, 0.5) is 5.82 Å². The van der Waals surface area contributed by atoms with Crippen LogP contribution in [0.1, 0.15) is 34.1 Å². The fraction of sp³-hybridized carbons (Fsp3) is 0.571. The van der Waals surface area contributed by atoms with Crippen molar-refractivity contribution in [2.24, 2.45) is 5.41 Å². The van der Waals surface area contributed by atoms with Gasteiger partial charge >= 0.3 is 5.97 Å². The number of hydrogen-bond donors (Lipinski definition) is 2. The SMILES string of the molecule is CCC(CO)(OC(=O)C(C)(C)C)n1cnc2c(N)ncnc21. The minimum Gasteiger partial charge on any atom is -0.436 e. The fourth-order valence-electron chi connectivity index (χ4n) is 1.99. The summed E-state index contributed by atoms with van der Waals surface area (Å²) in [5.41, 5.74) is 4.61. The quantitative estimate of drug-likeness (QED) is 0.811. The number of nitrogens with zero attached hydrogens (tertiary/aromatic N) is 4. The number of esters is 1. The standard InChI is InChI=1S/C14H21N5O3/c1-5-14(6-20,22-12(21)13(2,3)4)19-8-18-9-10(15)16-7-17-11(9)19/h7-8,20H,5-6H2,1-4H3,(H2,15,16,17). The molecule has 0 aliphatic heterocycles. The molecule has 0 aromatic carbocycles. The number of ether oxygens (including phenoxy) is 1. The maximum atomic E-state index is 12.3. The van der Waals surface area contributed by atoms with Gasteiger partial charge in [-0.2, -0.15) is 0 Å². The number of aromatic nitrogens is 4. The first-order chi connectivity index (χ1) is 10.2. The number of nitrogens with two attached hydrogens (primary N) is 1. The molecule has 22 heavy (non-hydrogen) atoms. The van der Waals surface area contributed by atoms with Crippen LogP contribution in [-0.4, -0.2) is 37.2 Å². The van der Waals surface area contributed by atoms with Crippen LogP contribution < -0.4 is 5.73 Å². The van der Waals surface area contributed by atoms with E-state index in [2.05, 4.69) is 15.0 Å². The normalized spacial score (nSPS) is 14.8. The van der Waals surface area contributed by atoms with Gasteiger partial charge < -0.3 is 15.6 Å². The van der Waals surface area contributed by atoms with Gasteiger partial charge in [0.05, 0.1) is 5.41 Å². The second-order valence-electron chi connectivity index (χ2n) is 6.14. The molecule has 8 nitrogen and oxygen atoms in total.